The molecule has 1 aromatic rings. The molecule has 1 aliphatic rings. The molecule has 0 aromatic heterocycles. The molecule has 8 heteroatoms. The second-order valence-corrected chi connectivity index (χ2v) is 6.24. The number of hydrogen-bond donors (Lipinski definition) is 1. The highest BCUT2D eigenvalue weighted by Gasteiger charge is 2.41. The minimum Gasteiger partial charge on any atom is -0.488 e. The lowest BCUT2D eigenvalue weighted by atomic mass is 10.2. The number of esters is 1. The van der Waals surface area contributed by atoms with Crippen molar-refractivity contribution < 1.29 is 28.2 Å². The first-order valence-electron chi connectivity index (χ1n) is 7.08. The summed E-state index contributed by atoms with van der Waals surface area (Å²) < 4.78 is 28.5. The van der Waals surface area contributed by atoms with Gasteiger partial charge in [-0.25, -0.2) is 9.18 Å². The largest absolute Gasteiger partial charge is 0.488 e. The first kappa shape index (κ1) is 18.1. The van der Waals surface area contributed by atoms with Gasteiger partial charge in [0.2, 0.25) is 11.5 Å². The topological polar surface area (TPSA) is 73.9 Å². The first-order chi connectivity index (χ1) is 11.3. The molecule has 0 aliphatic carbocycles. The normalized spacial score (nSPS) is 17.8. The maximum Gasteiger partial charge on any atom is 0.381 e. The SMILES string of the molecule is COC(C(=O)NCc1ccc(F)cc1SC)=C1OC(C)(C)OC1=O. The third kappa shape index (κ3) is 4.00. The molecule has 6 nitrogen and oxygen atoms in total. The highest BCUT2D eigenvalue weighted by atomic mass is 32.2. The molecule has 1 aromatic carbocycles. The van der Waals surface area contributed by atoms with E-state index in [4.69, 9.17) is 14.2 Å². The summed E-state index contributed by atoms with van der Waals surface area (Å²) in [7, 11) is 1.26. The predicted octanol–water partition coefficient (Wildman–Crippen LogP) is 2.33. The van der Waals surface area contributed by atoms with Gasteiger partial charge in [0.05, 0.1) is 7.11 Å². The highest BCUT2D eigenvalue weighted by molar-refractivity contribution is 7.98. The van der Waals surface area contributed by atoms with Crippen molar-refractivity contribution in [3.05, 3.63) is 41.1 Å². The van der Waals surface area contributed by atoms with Crippen molar-refractivity contribution in [3.63, 3.8) is 0 Å². The van der Waals surface area contributed by atoms with Gasteiger partial charge in [-0.1, -0.05) is 6.07 Å². The van der Waals surface area contributed by atoms with Crippen LogP contribution < -0.4 is 5.32 Å². The molecule has 130 valence electrons. The van der Waals surface area contributed by atoms with Gasteiger partial charge in [-0.05, 0) is 24.0 Å². The van der Waals surface area contributed by atoms with E-state index < -0.39 is 17.7 Å². The Bertz CT molecular complexity index is 702. The van der Waals surface area contributed by atoms with Gasteiger partial charge in [-0.2, -0.15) is 0 Å². The first-order valence-corrected chi connectivity index (χ1v) is 8.31. The van der Waals surface area contributed by atoms with Crippen molar-refractivity contribution >= 4 is 23.6 Å². The summed E-state index contributed by atoms with van der Waals surface area (Å²) in [6.07, 6.45) is 1.81. The van der Waals surface area contributed by atoms with Crippen LogP contribution >= 0.6 is 11.8 Å². The molecule has 1 heterocycles. The maximum absolute atomic E-state index is 13.2. The molecule has 24 heavy (non-hydrogen) atoms. The van der Waals surface area contributed by atoms with Gasteiger partial charge in [0.15, 0.2) is 0 Å². The lowest BCUT2D eigenvalue weighted by Gasteiger charge is -2.15. The molecule has 1 aliphatic heterocycles. The molecule has 0 bridgehead atoms. The van der Waals surface area contributed by atoms with E-state index in [1.165, 1.54) is 31.0 Å². The standard InChI is InChI=1S/C16H18FNO5S/c1-16(2)22-13(15(20)23-16)12(21-3)14(19)18-8-9-5-6-10(17)7-11(9)24-4/h5-7H,8H2,1-4H3,(H,18,19). The number of nitrogens with one attached hydrogen (secondary N) is 1. The number of rotatable bonds is 5. The number of benzene rings is 1. The lowest BCUT2D eigenvalue weighted by Crippen LogP contribution is -2.27. The number of hydrogen-bond acceptors (Lipinski definition) is 6. The van der Waals surface area contributed by atoms with E-state index in [0.717, 1.165) is 5.56 Å². The zero-order chi connectivity index (χ0) is 17.9. The van der Waals surface area contributed by atoms with Crippen LogP contribution in [-0.4, -0.2) is 31.0 Å². The van der Waals surface area contributed by atoms with E-state index in [1.807, 2.05) is 6.26 Å². The monoisotopic (exact) mass is 355 g/mol. The number of halogens is 1. The van der Waals surface area contributed by atoms with E-state index in [2.05, 4.69) is 5.32 Å². The Balaban J connectivity index is 2.15. The quantitative estimate of drug-likeness (QED) is 0.378. The van der Waals surface area contributed by atoms with Gasteiger partial charge >= 0.3 is 5.97 Å². The minimum atomic E-state index is -1.15. The number of thioether (sulfide) groups is 1. The molecule has 0 atom stereocenters. The van der Waals surface area contributed by atoms with E-state index in [0.29, 0.717) is 4.90 Å². The second kappa shape index (κ2) is 7.12. The van der Waals surface area contributed by atoms with Gasteiger partial charge < -0.3 is 19.5 Å². The summed E-state index contributed by atoms with van der Waals surface area (Å²) in [4.78, 5) is 24.8. The summed E-state index contributed by atoms with van der Waals surface area (Å²) in [5.74, 6) is -3.43. The third-order valence-electron chi connectivity index (χ3n) is 3.18. The Morgan fingerprint density at radius 3 is 2.62 bits per heavy atom. The van der Waals surface area contributed by atoms with Crippen LogP contribution in [0.25, 0.3) is 0 Å². The van der Waals surface area contributed by atoms with Gasteiger partial charge in [0.1, 0.15) is 5.82 Å². The van der Waals surface area contributed by atoms with Crippen molar-refractivity contribution in [2.45, 2.75) is 31.1 Å². The number of ether oxygens (including phenoxy) is 3. The number of cyclic esters (lactones) is 1. The molecule has 0 unspecified atom stereocenters. The fraction of sp³-hybridized carbons (Fsp3) is 0.375. The Kier molecular flexibility index (Phi) is 5.38. The molecule has 1 N–H and O–H groups in total. The third-order valence-corrected chi connectivity index (χ3v) is 4.00. The van der Waals surface area contributed by atoms with E-state index in [-0.39, 0.29) is 23.9 Å². The van der Waals surface area contributed by atoms with E-state index >= 15 is 0 Å². The van der Waals surface area contributed by atoms with Crippen LogP contribution in [0.2, 0.25) is 0 Å². The molecule has 0 radical (unpaired) electrons. The lowest BCUT2D eigenvalue weighted by molar-refractivity contribution is -0.159. The fourth-order valence-corrected chi connectivity index (χ4v) is 2.76. The Hall–Kier alpha value is -2.22. The molecule has 1 fully saturated rings. The Labute approximate surface area is 143 Å². The minimum absolute atomic E-state index is 0.147. The van der Waals surface area contributed by atoms with Crippen LogP contribution in [0, 0.1) is 5.82 Å². The highest BCUT2D eigenvalue weighted by Crippen LogP contribution is 2.29. The fourth-order valence-electron chi connectivity index (χ4n) is 2.13. The van der Waals surface area contributed by atoms with Crippen LogP contribution in [0.15, 0.2) is 34.6 Å². The smallest absolute Gasteiger partial charge is 0.381 e. The molecular formula is C16H18FNO5S. The number of carbonyl (C=O) groups excluding carboxylic acids is 2. The number of amides is 1. The summed E-state index contributed by atoms with van der Waals surface area (Å²) in [6.45, 7) is 3.24. The summed E-state index contributed by atoms with van der Waals surface area (Å²) in [5, 5.41) is 2.62. The van der Waals surface area contributed by atoms with Gasteiger partial charge in [-0.3, -0.25) is 4.79 Å². The van der Waals surface area contributed by atoms with Crippen molar-refractivity contribution in [2.24, 2.45) is 0 Å². The zero-order valence-electron chi connectivity index (χ0n) is 13.8. The van der Waals surface area contributed by atoms with Crippen LogP contribution in [0.1, 0.15) is 19.4 Å². The molecular weight excluding hydrogens is 337 g/mol. The number of carbonyl (C=O) groups is 2. The van der Waals surface area contributed by atoms with Crippen LogP contribution in [0.3, 0.4) is 0 Å². The van der Waals surface area contributed by atoms with E-state index in [9.17, 15) is 14.0 Å². The van der Waals surface area contributed by atoms with Crippen LogP contribution in [-0.2, 0) is 30.3 Å². The zero-order valence-corrected chi connectivity index (χ0v) is 14.6. The summed E-state index contributed by atoms with van der Waals surface area (Å²) in [6, 6.07) is 4.29. The van der Waals surface area contributed by atoms with Crippen molar-refractivity contribution in [3.8, 4) is 0 Å². The van der Waals surface area contributed by atoms with Crippen LogP contribution in [0.5, 0.6) is 0 Å². The Morgan fingerprint density at radius 2 is 2.08 bits per heavy atom. The number of methoxy groups -OCH3 is 1. The van der Waals surface area contributed by atoms with Gasteiger partial charge in [0, 0.05) is 25.3 Å². The van der Waals surface area contributed by atoms with Crippen molar-refractivity contribution in [1.82, 2.24) is 5.32 Å². The molecule has 2 rings (SSSR count). The average molecular weight is 355 g/mol. The van der Waals surface area contributed by atoms with Crippen molar-refractivity contribution in [1.29, 1.82) is 0 Å². The van der Waals surface area contributed by atoms with Gasteiger partial charge in [-0.15, -0.1) is 11.8 Å². The maximum atomic E-state index is 13.2. The second-order valence-electron chi connectivity index (χ2n) is 5.39. The van der Waals surface area contributed by atoms with Crippen molar-refractivity contribution in [2.75, 3.05) is 13.4 Å². The van der Waals surface area contributed by atoms with Crippen LogP contribution in [0.4, 0.5) is 4.39 Å². The van der Waals surface area contributed by atoms with Gasteiger partial charge in [0.25, 0.3) is 11.7 Å². The molecule has 0 saturated carbocycles. The summed E-state index contributed by atoms with van der Waals surface area (Å²) in [5.41, 5.74) is 0.743. The molecule has 1 amide bonds. The summed E-state index contributed by atoms with van der Waals surface area (Å²) >= 11 is 1.37. The average Bonchev–Trinajstić information content (AvgIpc) is 2.79. The van der Waals surface area contributed by atoms with E-state index in [1.54, 1.807) is 19.9 Å². The molecule has 0 spiro atoms. The predicted molar refractivity (Wildman–Crippen MR) is 85.3 cm³/mol. The Morgan fingerprint density at radius 1 is 1.38 bits per heavy atom. The molecule has 1 saturated heterocycles.